The van der Waals surface area contributed by atoms with E-state index in [0.29, 0.717) is 6.54 Å². The van der Waals surface area contributed by atoms with Crippen LogP contribution in [0.25, 0.3) is 10.9 Å². The molecule has 0 atom stereocenters. The Morgan fingerprint density at radius 2 is 2.11 bits per heavy atom. The molecule has 2 aromatic heterocycles. The monoisotopic (exact) mass is 251 g/mol. The maximum Gasteiger partial charge on any atom is 0.0651 e. The molecule has 19 heavy (non-hydrogen) atoms. The van der Waals surface area contributed by atoms with Gasteiger partial charge in [0, 0.05) is 24.5 Å². The lowest BCUT2D eigenvalue weighted by Gasteiger charge is -2.08. The maximum atomic E-state index is 5.67. The van der Waals surface area contributed by atoms with Crippen LogP contribution >= 0.6 is 0 Å². The predicted octanol–water partition coefficient (Wildman–Crippen LogP) is 2.85. The second kappa shape index (κ2) is 4.86. The average molecular weight is 251 g/mol. The highest BCUT2D eigenvalue weighted by atomic mass is 15.0. The fourth-order valence-electron chi connectivity index (χ4n) is 2.36. The second-order valence-corrected chi connectivity index (χ2v) is 4.81. The van der Waals surface area contributed by atoms with Crippen molar-refractivity contribution in [2.45, 2.75) is 20.0 Å². The van der Waals surface area contributed by atoms with Crippen LogP contribution in [-0.2, 0) is 13.1 Å². The number of fused-ring (bicyclic) bond motifs is 1. The molecule has 3 rings (SSSR count). The third-order valence-electron chi connectivity index (χ3n) is 3.51. The summed E-state index contributed by atoms with van der Waals surface area (Å²) in [5.74, 6) is 0. The van der Waals surface area contributed by atoms with Gasteiger partial charge in [0.2, 0.25) is 0 Å². The highest BCUT2D eigenvalue weighted by Gasteiger charge is 2.05. The van der Waals surface area contributed by atoms with Crippen molar-refractivity contribution in [2.24, 2.45) is 5.73 Å². The van der Waals surface area contributed by atoms with Gasteiger partial charge >= 0.3 is 0 Å². The highest BCUT2D eigenvalue weighted by Crippen LogP contribution is 2.19. The molecule has 0 aliphatic rings. The van der Waals surface area contributed by atoms with Crippen molar-refractivity contribution in [1.29, 1.82) is 0 Å². The number of hydrogen-bond acceptors (Lipinski definition) is 2. The van der Waals surface area contributed by atoms with Crippen LogP contribution in [0.5, 0.6) is 0 Å². The molecule has 3 heteroatoms. The summed E-state index contributed by atoms with van der Waals surface area (Å²) >= 11 is 0. The van der Waals surface area contributed by atoms with Crippen LogP contribution in [0, 0.1) is 6.92 Å². The molecule has 2 heterocycles. The first-order chi connectivity index (χ1) is 9.28. The smallest absolute Gasteiger partial charge is 0.0651 e. The van der Waals surface area contributed by atoms with Gasteiger partial charge < -0.3 is 10.3 Å². The number of nitrogens with zero attached hydrogens (tertiary/aromatic N) is 2. The van der Waals surface area contributed by atoms with E-state index in [1.165, 1.54) is 22.0 Å². The fourth-order valence-corrected chi connectivity index (χ4v) is 2.36. The molecule has 0 aliphatic carbocycles. The summed E-state index contributed by atoms with van der Waals surface area (Å²) in [6.45, 7) is 3.49. The van der Waals surface area contributed by atoms with E-state index >= 15 is 0 Å². The molecule has 3 aromatic rings. The summed E-state index contributed by atoms with van der Waals surface area (Å²) in [6, 6.07) is 12.6. The molecule has 0 amide bonds. The standard InChI is InChI=1S/C16H17N3/c1-12-3-2-7-18-15(12)11-19-8-6-14-9-13(10-17)4-5-16(14)19/h2-9H,10-11,17H2,1H3. The lowest BCUT2D eigenvalue weighted by molar-refractivity contribution is 0.799. The minimum atomic E-state index is 0.584. The van der Waals surface area contributed by atoms with E-state index in [-0.39, 0.29) is 0 Å². The molecule has 0 bridgehead atoms. The number of nitrogens with two attached hydrogens (primary N) is 1. The number of rotatable bonds is 3. The van der Waals surface area contributed by atoms with Gasteiger partial charge in [-0.05, 0) is 47.7 Å². The second-order valence-electron chi connectivity index (χ2n) is 4.81. The minimum Gasteiger partial charge on any atom is -0.341 e. The van der Waals surface area contributed by atoms with Gasteiger partial charge in [-0.3, -0.25) is 4.98 Å². The molecule has 3 nitrogen and oxygen atoms in total. The van der Waals surface area contributed by atoms with Crippen LogP contribution in [0.15, 0.2) is 48.8 Å². The summed E-state index contributed by atoms with van der Waals surface area (Å²) in [6.07, 6.45) is 3.96. The molecule has 0 unspecified atom stereocenters. The number of benzene rings is 1. The molecule has 96 valence electrons. The largest absolute Gasteiger partial charge is 0.341 e. The average Bonchev–Trinajstić information content (AvgIpc) is 2.83. The van der Waals surface area contributed by atoms with Crippen LogP contribution in [0.1, 0.15) is 16.8 Å². The van der Waals surface area contributed by atoms with Crippen molar-refractivity contribution in [3.05, 3.63) is 65.6 Å². The van der Waals surface area contributed by atoms with Gasteiger partial charge in [0.15, 0.2) is 0 Å². The Hall–Kier alpha value is -2.13. The Morgan fingerprint density at radius 1 is 1.21 bits per heavy atom. The fraction of sp³-hybridized carbons (Fsp3) is 0.188. The summed E-state index contributed by atoms with van der Waals surface area (Å²) in [4.78, 5) is 4.45. The number of aryl methyl sites for hydroxylation is 1. The Bertz CT molecular complexity index is 713. The normalized spacial score (nSPS) is 11.1. The molecular formula is C16H17N3. The molecule has 1 aromatic carbocycles. The van der Waals surface area contributed by atoms with E-state index in [4.69, 9.17) is 5.73 Å². The molecule has 0 fully saturated rings. The zero-order valence-corrected chi connectivity index (χ0v) is 11.0. The van der Waals surface area contributed by atoms with E-state index in [1.807, 2.05) is 12.3 Å². The van der Waals surface area contributed by atoms with Crippen LogP contribution in [0.4, 0.5) is 0 Å². The maximum absolute atomic E-state index is 5.67. The molecule has 0 aliphatic heterocycles. The van der Waals surface area contributed by atoms with Gasteiger partial charge in [0.25, 0.3) is 0 Å². The first-order valence-electron chi connectivity index (χ1n) is 6.46. The number of aromatic nitrogens is 2. The zero-order valence-electron chi connectivity index (χ0n) is 11.0. The van der Waals surface area contributed by atoms with Gasteiger partial charge in [0.05, 0.1) is 12.2 Å². The Morgan fingerprint density at radius 3 is 2.89 bits per heavy atom. The van der Waals surface area contributed by atoms with Crippen molar-refractivity contribution >= 4 is 10.9 Å². The van der Waals surface area contributed by atoms with Crippen molar-refractivity contribution in [2.75, 3.05) is 0 Å². The topological polar surface area (TPSA) is 43.8 Å². The van der Waals surface area contributed by atoms with E-state index in [1.54, 1.807) is 0 Å². The van der Waals surface area contributed by atoms with Crippen LogP contribution in [0.2, 0.25) is 0 Å². The van der Waals surface area contributed by atoms with E-state index in [2.05, 4.69) is 53.0 Å². The lowest BCUT2D eigenvalue weighted by Crippen LogP contribution is -2.02. The van der Waals surface area contributed by atoms with E-state index < -0.39 is 0 Å². The van der Waals surface area contributed by atoms with Gasteiger partial charge in [-0.15, -0.1) is 0 Å². The first-order valence-corrected chi connectivity index (χ1v) is 6.46. The number of pyridine rings is 1. The molecule has 0 saturated carbocycles. The third kappa shape index (κ3) is 2.25. The van der Waals surface area contributed by atoms with Crippen LogP contribution in [-0.4, -0.2) is 9.55 Å². The Balaban J connectivity index is 2.00. The summed E-state index contributed by atoms with van der Waals surface area (Å²) < 4.78 is 2.23. The Kier molecular flexibility index (Phi) is 3.05. The van der Waals surface area contributed by atoms with E-state index in [0.717, 1.165) is 12.2 Å². The van der Waals surface area contributed by atoms with E-state index in [9.17, 15) is 0 Å². The van der Waals surface area contributed by atoms with Crippen LogP contribution < -0.4 is 5.73 Å². The predicted molar refractivity (Wildman–Crippen MR) is 77.9 cm³/mol. The summed E-state index contributed by atoms with van der Waals surface area (Å²) in [7, 11) is 0. The van der Waals surface area contributed by atoms with Gasteiger partial charge in [-0.1, -0.05) is 12.1 Å². The van der Waals surface area contributed by atoms with Gasteiger partial charge in [0.1, 0.15) is 0 Å². The Labute approximate surface area is 112 Å². The van der Waals surface area contributed by atoms with Crippen molar-refractivity contribution in [3.63, 3.8) is 0 Å². The molecule has 0 spiro atoms. The first kappa shape index (κ1) is 11.9. The summed E-state index contributed by atoms with van der Waals surface area (Å²) in [5.41, 5.74) is 10.4. The zero-order chi connectivity index (χ0) is 13.2. The third-order valence-corrected chi connectivity index (χ3v) is 3.51. The molecule has 0 saturated heterocycles. The molecular weight excluding hydrogens is 234 g/mol. The number of hydrogen-bond donors (Lipinski definition) is 1. The molecule has 0 radical (unpaired) electrons. The highest BCUT2D eigenvalue weighted by molar-refractivity contribution is 5.81. The van der Waals surface area contributed by atoms with Crippen LogP contribution in [0.3, 0.4) is 0 Å². The van der Waals surface area contributed by atoms with Gasteiger partial charge in [-0.25, -0.2) is 0 Å². The van der Waals surface area contributed by atoms with Crippen molar-refractivity contribution in [3.8, 4) is 0 Å². The van der Waals surface area contributed by atoms with Crippen molar-refractivity contribution < 1.29 is 0 Å². The SMILES string of the molecule is Cc1cccnc1Cn1ccc2cc(CN)ccc21. The summed E-state index contributed by atoms with van der Waals surface area (Å²) in [5, 5.41) is 1.23. The quantitative estimate of drug-likeness (QED) is 0.778. The van der Waals surface area contributed by atoms with Crippen molar-refractivity contribution in [1.82, 2.24) is 9.55 Å². The molecule has 2 N–H and O–H groups in total. The minimum absolute atomic E-state index is 0.584. The lowest BCUT2D eigenvalue weighted by atomic mass is 10.1. The van der Waals surface area contributed by atoms with Gasteiger partial charge in [-0.2, -0.15) is 0 Å².